The van der Waals surface area contributed by atoms with Gasteiger partial charge in [-0.2, -0.15) is 4.98 Å². The van der Waals surface area contributed by atoms with Crippen molar-refractivity contribution in [2.45, 2.75) is 50.2 Å². The van der Waals surface area contributed by atoms with Crippen molar-refractivity contribution in [2.24, 2.45) is 0 Å². The fraction of sp³-hybridized carbons (Fsp3) is 0.643. The summed E-state index contributed by atoms with van der Waals surface area (Å²) in [6.45, 7) is 1.39. The number of nitrogens with one attached hydrogen (secondary N) is 1. The van der Waals surface area contributed by atoms with E-state index in [1.54, 1.807) is 0 Å². The standard InChI is InChI=1S/C14H19N5O6/c1-5-2-7(21)19-12(24)8-11(17-14(19)16-5)18(4-15-8)13-10(23)9(22)6(3-20)25-13/h4-7,9-10,13,20-23H,2-3H2,1H3,(H,16,17)/t5-,6+,7-,9+,10+,13+/m0/s1. The molecule has 5 N–H and O–H groups in total. The van der Waals surface area contributed by atoms with Crippen molar-refractivity contribution in [3.05, 3.63) is 16.7 Å². The fourth-order valence-electron chi connectivity index (χ4n) is 3.36. The Hall–Kier alpha value is -2.05. The second-order valence-electron chi connectivity index (χ2n) is 6.43. The maximum Gasteiger partial charge on any atom is 0.285 e. The molecule has 2 aromatic heterocycles. The molecule has 0 radical (unpaired) electrons. The van der Waals surface area contributed by atoms with Gasteiger partial charge in [-0.3, -0.25) is 9.36 Å². The molecule has 11 nitrogen and oxygen atoms in total. The zero-order chi connectivity index (χ0) is 17.9. The van der Waals surface area contributed by atoms with Crippen molar-refractivity contribution in [3.8, 4) is 0 Å². The van der Waals surface area contributed by atoms with Crippen LogP contribution in [0.5, 0.6) is 0 Å². The van der Waals surface area contributed by atoms with Crippen LogP contribution in [0.1, 0.15) is 25.8 Å². The van der Waals surface area contributed by atoms with Crippen molar-refractivity contribution in [1.82, 2.24) is 19.1 Å². The zero-order valence-electron chi connectivity index (χ0n) is 13.3. The Labute approximate surface area is 141 Å². The van der Waals surface area contributed by atoms with Crippen LogP contribution < -0.4 is 10.9 Å². The predicted molar refractivity (Wildman–Crippen MR) is 83.8 cm³/mol. The lowest BCUT2D eigenvalue weighted by Gasteiger charge is -2.28. The molecule has 1 saturated heterocycles. The van der Waals surface area contributed by atoms with Gasteiger partial charge >= 0.3 is 0 Å². The number of fused-ring (bicyclic) bond motifs is 2. The van der Waals surface area contributed by atoms with Crippen molar-refractivity contribution in [3.63, 3.8) is 0 Å². The van der Waals surface area contributed by atoms with Crippen LogP contribution in [-0.4, -0.2) is 70.5 Å². The zero-order valence-corrected chi connectivity index (χ0v) is 13.3. The molecule has 2 aliphatic heterocycles. The average molecular weight is 353 g/mol. The van der Waals surface area contributed by atoms with Crippen molar-refractivity contribution < 1.29 is 25.2 Å². The lowest BCUT2D eigenvalue weighted by molar-refractivity contribution is -0.0511. The first-order chi connectivity index (χ1) is 11.9. The number of ether oxygens (including phenoxy) is 1. The fourth-order valence-corrected chi connectivity index (χ4v) is 3.36. The van der Waals surface area contributed by atoms with Crippen LogP contribution in [0.3, 0.4) is 0 Å². The van der Waals surface area contributed by atoms with E-state index in [-0.39, 0.29) is 23.2 Å². The highest BCUT2D eigenvalue weighted by molar-refractivity contribution is 5.71. The Kier molecular flexibility index (Phi) is 3.77. The van der Waals surface area contributed by atoms with Crippen molar-refractivity contribution in [1.29, 1.82) is 0 Å². The third-order valence-corrected chi connectivity index (χ3v) is 4.66. The van der Waals surface area contributed by atoms with Crippen LogP contribution in [0.25, 0.3) is 11.2 Å². The van der Waals surface area contributed by atoms with E-state index >= 15 is 0 Å². The van der Waals surface area contributed by atoms with Crippen LogP contribution in [0.2, 0.25) is 0 Å². The third-order valence-electron chi connectivity index (χ3n) is 4.66. The predicted octanol–water partition coefficient (Wildman–Crippen LogP) is -2.10. The maximum absolute atomic E-state index is 12.6. The molecule has 0 spiro atoms. The van der Waals surface area contributed by atoms with Crippen molar-refractivity contribution >= 4 is 17.1 Å². The second-order valence-corrected chi connectivity index (χ2v) is 6.43. The number of nitrogens with zero attached hydrogens (tertiary/aromatic N) is 4. The smallest absolute Gasteiger partial charge is 0.285 e. The summed E-state index contributed by atoms with van der Waals surface area (Å²) in [5, 5.41) is 42.5. The van der Waals surface area contributed by atoms with Crippen LogP contribution in [-0.2, 0) is 4.74 Å². The van der Waals surface area contributed by atoms with E-state index in [9.17, 15) is 25.2 Å². The molecule has 2 aliphatic rings. The first kappa shape index (κ1) is 16.4. The molecule has 11 heteroatoms. The Morgan fingerprint density at radius 1 is 1.36 bits per heavy atom. The summed E-state index contributed by atoms with van der Waals surface area (Å²) < 4.78 is 7.95. The Bertz CT molecular complexity index is 865. The number of rotatable bonds is 2. The highest BCUT2D eigenvalue weighted by atomic mass is 16.6. The number of hydrogen-bond donors (Lipinski definition) is 5. The molecule has 4 heterocycles. The monoisotopic (exact) mass is 353 g/mol. The molecule has 2 aromatic rings. The normalized spacial score (nSPS) is 34.9. The Balaban J connectivity index is 1.84. The van der Waals surface area contributed by atoms with E-state index < -0.39 is 42.9 Å². The molecule has 0 amide bonds. The number of aliphatic hydroxyl groups is 4. The molecular formula is C14H19N5O6. The van der Waals surface area contributed by atoms with E-state index in [1.807, 2.05) is 6.92 Å². The first-order valence-electron chi connectivity index (χ1n) is 7.98. The number of anilines is 1. The molecule has 0 aliphatic carbocycles. The average Bonchev–Trinajstić information content (AvgIpc) is 3.09. The summed E-state index contributed by atoms with van der Waals surface area (Å²) in [7, 11) is 0. The Morgan fingerprint density at radius 2 is 2.12 bits per heavy atom. The number of imidazole rings is 1. The molecule has 1 fully saturated rings. The van der Waals surface area contributed by atoms with E-state index in [0.29, 0.717) is 6.42 Å². The summed E-state index contributed by atoms with van der Waals surface area (Å²) in [6, 6.07) is -0.0790. The minimum atomic E-state index is -1.31. The SMILES string of the molecule is C[C@H]1C[C@H](O)n2c(nc3c(ncn3[C@@H]3O[C@H](CO)[C@@H](O)[C@H]3O)c2=O)N1. The van der Waals surface area contributed by atoms with Crippen LogP contribution >= 0.6 is 0 Å². The first-order valence-corrected chi connectivity index (χ1v) is 7.98. The van der Waals surface area contributed by atoms with Gasteiger partial charge in [0.1, 0.15) is 24.5 Å². The molecule has 0 bridgehead atoms. The lowest BCUT2D eigenvalue weighted by Crippen LogP contribution is -2.38. The molecule has 0 saturated carbocycles. The highest BCUT2D eigenvalue weighted by Crippen LogP contribution is 2.31. The summed E-state index contributed by atoms with van der Waals surface area (Å²) in [6.07, 6.45) is -3.95. The molecule has 6 atom stereocenters. The van der Waals surface area contributed by atoms with E-state index in [0.717, 1.165) is 4.57 Å². The van der Waals surface area contributed by atoms with E-state index in [1.165, 1.54) is 10.9 Å². The largest absolute Gasteiger partial charge is 0.394 e. The summed E-state index contributed by atoms with van der Waals surface area (Å²) >= 11 is 0. The number of aromatic nitrogens is 4. The maximum atomic E-state index is 12.6. The Morgan fingerprint density at radius 3 is 2.80 bits per heavy atom. The van der Waals surface area contributed by atoms with Gasteiger partial charge in [-0.1, -0.05) is 0 Å². The van der Waals surface area contributed by atoms with Gasteiger partial charge in [0.15, 0.2) is 17.4 Å². The van der Waals surface area contributed by atoms with Gasteiger partial charge in [0, 0.05) is 12.5 Å². The minimum Gasteiger partial charge on any atom is -0.394 e. The van der Waals surface area contributed by atoms with Crippen LogP contribution in [0, 0.1) is 0 Å². The van der Waals surface area contributed by atoms with E-state index in [4.69, 9.17) is 4.74 Å². The van der Waals surface area contributed by atoms with Gasteiger partial charge in [-0.15, -0.1) is 0 Å². The summed E-state index contributed by atoms with van der Waals surface area (Å²) in [5.41, 5.74) is -0.353. The molecule has 25 heavy (non-hydrogen) atoms. The summed E-state index contributed by atoms with van der Waals surface area (Å²) in [5.74, 6) is 0.192. The number of hydrogen-bond acceptors (Lipinski definition) is 9. The van der Waals surface area contributed by atoms with Crippen LogP contribution in [0.4, 0.5) is 5.95 Å². The van der Waals surface area contributed by atoms with Gasteiger partial charge in [0.25, 0.3) is 5.56 Å². The minimum absolute atomic E-state index is 0.0110. The third kappa shape index (κ3) is 2.35. The molecule has 0 aromatic carbocycles. The quantitative estimate of drug-likeness (QED) is 0.408. The highest BCUT2D eigenvalue weighted by Gasteiger charge is 2.44. The molecular weight excluding hydrogens is 334 g/mol. The van der Waals surface area contributed by atoms with Crippen molar-refractivity contribution in [2.75, 3.05) is 11.9 Å². The number of aliphatic hydroxyl groups excluding tert-OH is 4. The second kappa shape index (κ2) is 5.75. The van der Waals surface area contributed by atoms with Gasteiger partial charge < -0.3 is 30.5 Å². The summed E-state index contributed by atoms with van der Waals surface area (Å²) in [4.78, 5) is 21.0. The lowest BCUT2D eigenvalue weighted by atomic mass is 10.1. The van der Waals surface area contributed by atoms with Gasteiger partial charge in [0.2, 0.25) is 5.95 Å². The molecule has 136 valence electrons. The molecule has 0 unspecified atom stereocenters. The van der Waals surface area contributed by atoms with Gasteiger partial charge in [-0.25, -0.2) is 9.55 Å². The van der Waals surface area contributed by atoms with E-state index in [2.05, 4.69) is 15.3 Å². The van der Waals surface area contributed by atoms with Gasteiger partial charge in [0.05, 0.1) is 12.9 Å². The van der Waals surface area contributed by atoms with Crippen LogP contribution in [0.15, 0.2) is 11.1 Å². The van der Waals surface area contributed by atoms with Gasteiger partial charge in [-0.05, 0) is 6.92 Å². The topological polar surface area (TPSA) is 155 Å². The molecule has 4 rings (SSSR count).